The second-order valence-electron chi connectivity index (χ2n) is 6.58. The van der Waals surface area contributed by atoms with Crippen molar-refractivity contribution < 1.29 is 13.9 Å². The highest BCUT2D eigenvalue weighted by atomic mass is 35.5. The maximum Gasteiger partial charge on any atom is 0.343 e. The molecule has 0 spiro atoms. The van der Waals surface area contributed by atoms with Gasteiger partial charge in [0.2, 0.25) is 5.89 Å². The first kappa shape index (κ1) is 21.4. The highest BCUT2D eigenvalue weighted by Crippen LogP contribution is 2.25. The van der Waals surface area contributed by atoms with E-state index in [2.05, 4.69) is 15.3 Å². The highest BCUT2D eigenvalue weighted by Gasteiger charge is 2.23. The zero-order chi connectivity index (χ0) is 22.0. The van der Waals surface area contributed by atoms with Crippen molar-refractivity contribution in [3.05, 3.63) is 86.4 Å². The minimum Gasteiger partial charge on any atom is -0.452 e. The third kappa shape index (κ3) is 4.74. The monoisotopic (exact) mass is 476 g/mol. The number of halogens is 3. The maximum absolute atomic E-state index is 12.6. The summed E-state index contributed by atoms with van der Waals surface area (Å²) in [7, 11) is 0. The highest BCUT2D eigenvalue weighted by molar-refractivity contribution is 6.33. The zero-order valence-corrected chi connectivity index (χ0v) is 18.4. The summed E-state index contributed by atoms with van der Waals surface area (Å²) in [4.78, 5) is 12.6. The van der Waals surface area contributed by atoms with E-state index in [0.717, 1.165) is 5.56 Å². The molecule has 0 aliphatic rings. The van der Waals surface area contributed by atoms with Crippen molar-refractivity contribution in [1.82, 2.24) is 20.0 Å². The number of hydrogen-bond donors (Lipinski definition) is 0. The van der Waals surface area contributed by atoms with Gasteiger partial charge in [-0.1, -0.05) is 53.0 Å². The number of hydrogen-bond acceptors (Lipinski definition) is 6. The van der Waals surface area contributed by atoms with E-state index in [-0.39, 0.29) is 23.2 Å². The summed E-state index contributed by atoms with van der Waals surface area (Å²) in [5.74, 6) is -0.195. The molecule has 0 N–H and O–H groups in total. The average Bonchev–Trinajstić information content (AvgIpc) is 3.33. The van der Waals surface area contributed by atoms with Crippen LogP contribution in [-0.2, 0) is 17.9 Å². The summed E-state index contributed by atoms with van der Waals surface area (Å²) >= 11 is 18.5. The first-order valence-corrected chi connectivity index (χ1v) is 10.3. The lowest BCUT2D eigenvalue weighted by molar-refractivity contribution is 0.0438. The van der Waals surface area contributed by atoms with E-state index in [1.807, 2.05) is 18.2 Å². The van der Waals surface area contributed by atoms with Gasteiger partial charge in [0.1, 0.15) is 10.7 Å². The smallest absolute Gasteiger partial charge is 0.343 e. The lowest BCUT2D eigenvalue weighted by Crippen LogP contribution is -2.07. The van der Waals surface area contributed by atoms with E-state index in [0.29, 0.717) is 33.7 Å². The van der Waals surface area contributed by atoms with Crippen molar-refractivity contribution in [3.8, 4) is 11.5 Å². The Balaban J connectivity index is 1.45. The van der Waals surface area contributed by atoms with Crippen LogP contribution in [0.4, 0.5) is 0 Å². The van der Waals surface area contributed by atoms with Crippen LogP contribution in [0.25, 0.3) is 11.5 Å². The van der Waals surface area contributed by atoms with Gasteiger partial charge < -0.3 is 9.15 Å². The number of esters is 1. The lowest BCUT2D eigenvalue weighted by Gasteiger charge is -2.06. The van der Waals surface area contributed by atoms with Gasteiger partial charge in [0.25, 0.3) is 5.89 Å². The van der Waals surface area contributed by atoms with Crippen LogP contribution >= 0.6 is 34.8 Å². The van der Waals surface area contributed by atoms with Crippen LogP contribution in [0.15, 0.2) is 52.9 Å². The molecule has 4 aromatic rings. The van der Waals surface area contributed by atoms with Gasteiger partial charge >= 0.3 is 5.97 Å². The van der Waals surface area contributed by atoms with Crippen molar-refractivity contribution in [3.63, 3.8) is 0 Å². The molecule has 2 aromatic heterocycles. The van der Waals surface area contributed by atoms with Crippen LogP contribution in [0.2, 0.25) is 15.2 Å². The van der Waals surface area contributed by atoms with Gasteiger partial charge in [-0.25, -0.2) is 9.48 Å². The molecule has 0 aliphatic heterocycles. The number of benzene rings is 2. The third-order valence-electron chi connectivity index (χ3n) is 4.43. The normalized spacial score (nSPS) is 11.0. The van der Waals surface area contributed by atoms with Gasteiger partial charge in [-0.15, -0.1) is 10.2 Å². The molecule has 158 valence electrons. The number of rotatable bonds is 6. The number of carbonyl (C=O) groups is 1. The van der Waals surface area contributed by atoms with Gasteiger partial charge in [-0.2, -0.15) is 5.10 Å². The lowest BCUT2D eigenvalue weighted by atomic mass is 10.2. The second kappa shape index (κ2) is 9.09. The Morgan fingerprint density at radius 2 is 1.81 bits per heavy atom. The molecule has 0 radical (unpaired) electrons. The molecule has 4 rings (SSSR count). The summed E-state index contributed by atoms with van der Waals surface area (Å²) in [5.41, 5.74) is 2.14. The molecule has 0 bridgehead atoms. The summed E-state index contributed by atoms with van der Waals surface area (Å²) in [6, 6.07) is 14.3. The predicted molar refractivity (Wildman–Crippen MR) is 116 cm³/mol. The van der Waals surface area contributed by atoms with Crippen LogP contribution in [0, 0.1) is 6.92 Å². The van der Waals surface area contributed by atoms with Crippen molar-refractivity contribution in [2.75, 3.05) is 0 Å². The summed E-state index contributed by atoms with van der Waals surface area (Å²) in [6.45, 7) is 1.79. The molecule has 0 aliphatic carbocycles. The van der Waals surface area contributed by atoms with Crippen LogP contribution in [0.3, 0.4) is 0 Å². The van der Waals surface area contributed by atoms with E-state index >= 15 is 0 Å². The molecule has 0 saturated carbocycles. The van der Waals surface area contributed by atoms with E-state index in [4.69, 9.17) is 44.0 Å². The third-order valence-corrected chi connectivity index (χ3v) is 5.44. The summed E-state index contributed by atoms with van der Waals surface area (Å²) < 4.78 is 12.4. The number of carbonyl (C=O) groups excluding carboxylic acids is 1. The topological polar surface area (TPSA) is 83.0 Å². The fourth-order valence-corrected chi connectivity index (χ4v) is 3.53. The first-order chi connectivity index (χ1) is 14.9. The van der Waals surface area contributed by atoms with Crippen molar-refractivity contribution in [1.29, 1.82) is 0 Å². The minimum absolute atomic E-state index is 0.149. The molecular weight excluding hydrogens is 463 g/mol. The van der Waals surface area contributed by atoms with Gasteiger partial charge in [-0.3, -0.25) is 0 Å². The summed E-state index contributed by atoms with van der Waals surface area (Å²) in [6.07, 6.45) is 0. The number of ether oxygens (including phenoxy) is 1. The predicted octanol–water partition coefficient (Wildman–Crippen LogP) is 5.61. The molecule has 7 nitrogen and oxygen atoms in total. The van der Waals surface area contributed by atoms with E-state index in [1.54, 1.807) is 37.3 Å². The maximum atomic E-state index is 12.6. The average molecular weight is 478 g/mol. The molecule has 2 aromatic carbocycles. The Hall–Kier alpha value is -2.87. The fourth-order valence-electron chi connectivity index (χ4n) is 2.90. The molecule has 0 atom stereocenters. The van der Waals surface area contributed by atoms with Crippen molar-refractivity contribution in [2.24, 2.45) is 0 Å². The zero-order valence-electron chi connectivity index (χ0n) is 16.2. The molecule has 0 saturated heterocycles. The number of aromatic nitrogens is 4. The fraction of sp³-hybridized carbons (Fsp3) is 0.143. The van der Waals surface area contributed by atoms with Gasteiger partial charge in [-0.05, 0) is 42.8 Å². The van der Waals surface area contributed by atoms with E-state index in [1.165, 1.54) is 4.68 Å². The van der Waals surface area contributed by atoms with Gasteiger partial charge in [0.05, 0.1) is 12.2 Å². The molecular formula is C21H15Cl3N4O3. The Morgan fingerprint density at radius 3 is 2.55 bits per heavy atom. The molecule has 0 unspecified atom stereocenters. The van der Waals surface area contributed by atoms with Crippen LogP contribution in [0.1, 0.15) is 27.5 Å². The van der Waals surface area contributed by atoms with Gasteiger partial charge in [0.15, 0.2) is 6.61 Å². The van der Waals surface area contributed by atoms with Crippen LogP contribution in [0.5, 0.6) is 0 Å². The SMILES string of the molecule is Cc1nn(Cc2ccccc2Cl)c(Cl)c1C(=O)OCc1nnc(-c2ccc(Cl)cc2)o1. The Bertz CT molecular complexity index is 1240. The molecule has 0 amide bonds. The van der Waals surface area contributed by atoms with Crippen LogP contribution < -0.4 is 0 Å². The van der Waals surface area contributed by atoms with Crippen LogP contribution in [-0.4, -0.2) is 25.9 Å². The Morgan fingerprint density at radius 1 is 1.06 bits per heavy atom. The number of nitrogens with zero attached hydrogens (tertiary/aromatic N) is 4. The molecule has 2 heterocycles. The van der Waals surface area contributed by atoms with E-state index < -0.39 is 5.97 Å². The van der Waals surface area contributed by atoms with Gasteiger partial charge in [0, 0.05) is 15.6 Å². The molecule has 0 fully saturated rings. The molecule has 10 heteroatoms. The summed E-state index contributed by atoms with van der Waals surface area (Å²) in [5, 5.41) is 13.5. The number of aryl methyl sites for hydroxylation is 1. The van der Waals surface area contributed by atoms with Crippen molar-refractivity contribution in [2.45, 2.75) is 20.1 Å². The Labute approximate surface area is 192 Å². The second-order valence-corrected chi connectivity index (χ2v) is 7.79. The standard InChI is InChI=1S/C21H15Cl3N4O3/c1-12-18(19(24)28(27-12)10-14-4-2-3-5-16(14)23)21(29)30-11-17-25-26-20(31-17)13-6-8-15(22)9-7-13/h2-9H,10-11H2,1H3. The first-order valence-electron chi connectivity index (χ1n) is 9.14. The minimum atomic E-state index is -0.640. The van der Waals surface area contributed by atoms with Crippen molar-refractivity contribution >= 4 is 40.8 Å². The Kier molecular flexibility index (Phi) is 6.27. The largest absolute Gasteiger partial charge is 0.452 e. The molecule has 31 heavy (non-hydrogen) atoms. The quantitative estimate of drug-likeness (QED) is 0.336. The van der Waals surface area contributed by atoms with E-state index in [9.17, 15) is 4.79 Å².